The molecule has 0 saturated heterocycles. The number of nitrogens with one attached hydrogen (secondary N) is 2. The van der Waals surface area contributed by atoms with Crippen LogP contribution in [-0.4, -0.2) is 22.8 Å². The topological polar surface area (TPSA) is 61.4 Å². The Morgan fingerprint density at radius 1 is 0.885 bits per heavy atom. The van der Waals surface area contributed by atoms with Crippen LogP contribution in [0.2, 0.25) is 0 Å². The van der Waals surface area contributed by atoms with E-state index in [4.69, 9.17) is 0 Å². The summed E-state index contributed by atoms with van der Waals surface area (Å²) in [6.45, 7) is 0. The molecule has 5 nitrogen and oxygen atoms in total. The van der Waals surface area contributed by atoms with E-state index in [0.717, 1.165) is 42.6 Å². The van der Waals surface area contributed by atoms with Gasteiger partial charge in [-0.25, -0.2) is 0 Å². The molecule has 1 saturated carbocycles. The normalized spacial score (nSPS) is 24.8. The van der Waals surface area contributed by atoms with Gasteiger partial charge in [-0.1, -0.05) is 49.6 Å². The van der Waals surface area contributed by atoms with Crippen molar-refractivity contribution >= 4 is 23.2 Å². The summed E-state index contributed by atoms with van der Waals surface area (Å²) in [5, 5.41) is 6.43. The summed E-state index contributed by atoms with van der Waals surface area (Å²) < 4.78 is 0. The Morgan fingerprint density at radius 3 is 2.38 bits per heavy atom. The first-order valence-electron chi connectivity index (χ1n) is 9.33. The molecule has 3 aliphatic rings. The maximum absolute atomic E-state index is 13.5. The van der Waals surface area contributed by atoms with Gasteiger partial charge in [-0.3, -0.25) is 9.59 Å². The summed E-state index contributed by atoms with van der Waals surface area (Å²) in [5.74, 6) is -0.231. The van der Waals surface area contributed by atoms with Crippen LogP contribution < -0.4 is 10.6 Å². The van der Waals surface area contributed by atoms with Crippen molar-refractivity contribution in [1.82, 2.24) is 4.90 Å². The molecule has 2 N–H and O–H groups in total. The average molecular weight is 347 g/mol. The zero-order valence-corrected chi connectivity index (χ0v) is 14.5. The number of fused-ring (bicyclic) bond motifs is 3. The van der Waals surface area contributed by atoms with E-state index in [1.807, 2.05) is 53.4 Å². The monoisotopic (exact) mass is 347 g/mol. The predicted molar refractivity (Wildman–Crippen MR) is 99.9 cm³/mol. The molecular weight excluding hydrogens is 326 g/mol. The van der Waals surface area contributed by atoms with Crippen molar-refractivity contribution in [2.24, 2.45) is 0 Å². The number of hydrogen-bond donors (Lipinski definition) is 2. The first-order valence-corrected chi connectivity index (χ1v) is 9.33. The first kappa shape index (κ1) is 15.4. The SMILES string of the molecule is O=C1c2ccccc2N[C@@]2(C(=O)Nc3ccccc32)N1C1CCCCC1. The molecule has 0 bridgehead atoms. The Morgan fingerprint density at radius 2 is 1.58 bits per heavy atom. The molecule has 0 radical (unpaired) electrons. The minimum Gasteiger partial charge on any atom is -0.350 e. The van der Waals surface area contributed by atoms with Gasteiger partial charge in [-0.2, -0.15) is 0 Å². The number of amides is 2. The van der Waals surface area contributed by atoms with E-state index < -0.39 is 5.66 Å². The van der Waals surface area contributed by atoms with Gasteiger partial charge in [0.15, 0.2) is 0 Å². The van der Waals surface area contributed by atoms with Crippen LogP contribution in [0, 0.1) is 0 Å². The molecule has 26 heavy (non-hydrogen) atoms. The van der Waals surface area contributed by atoms with Gasteiger partial charge in [0.2, 0.25) is 5.66 Å². The number of anilines is 2. The van der Waals surface area contributed by atoms with Gasteiger partial charge in [-0.05, 0) is 31.0 Å². The van der Waals surface area contributed by atoms with E-state index in [0.29, 0.717) is 5.56 Å². The van der Waals surface area contributed by atoms with Crippen molar-refractivity contribution in [2.45, 2.75) is 43.8 Å². The summed E-state index contributed by atoms with van der Waals surface area (Å²) in [5.41, 5.74) is 1.80. The fraction of sp³-hybridized carbons (Fsp3) is 0.333. The molecule has 2 amide bonds. The van der Waals surface area contributed by atoms with Crippen LogP contribution in [0.3, 0.4) is 0 Å². The van der Waals surface area contributed by atoms with Crippen molar-refractivity contribution in [3.05, 3.63) is 59.7 Å². The van der Waals surface area contributed by atoms with Crippen LogP contribution in [0.5, 0.6) is 0 Å². The highest BCUT2D eigenvalue weighted by atomic mass is 16.2. The van der Waals surface area contributed by atoms with Gasteiger partial charge < -0.3 is 15.5 Å². The molecular formula is C21H21N3O2. The van der Waals surface area contributed by atoms with Crippen LogP contribution >= 0.6 is 0 Å². The second-order valence-corrected chi connectivity index (χ2v) is 7.35. The summed E-state index contributed by atoms with van der Waals surface area (Å²) >= 11 is 0. The van der Waals surface area contributed by atoms with Crippen LogP contribution in [0.15, 0.2) is 48.5 Å². The second-order valence-electron chi connectivity index (χ2n) is 7.35. The minimum atomic E-state index is -1.16. The van der Waals surface area contributed by atoms with Gasteiger partial charge in [0.25, 0.3) is 11.8 Å². The molecule has 5 rings (SSSR count). The smallest absolute Gasteiger partial charge is 0.276 e. The molecule has 1 aliphatic carbocycles. The maximum Gasteiger partial charge on any atom is 0.276 e. The molecule has 5 heteroatoms. The number of carbonyl (C=O) groups is 2. The number of benzene rings is 2. The van der Waals surface area contributed by atoms with Crippen molar-refractivity contribution in [2.75, 3.05) is 10.6 Å². The lowest BCUT2D eigenvalue weighted by Crippen LogP contribution is -2.64. The number of hydrogen-bond acceptors (Lipinski definition) is 3. The molecule has 2 aromatic carbocycles. The van der Waals surface area contributed by atoms with E-state index in [9.17, 15) is 9.59 Å². The van der Waals surface area contributed by atoms with Crippen LogP contribution in [0.1, 0.15) is 48.0 Å². The third-order valence-electron chi connectivity index (χ3n) is 5.89. The highest BCUT2D eigenvalue weighted by Crippen LogP contribution is 2.47. The van der Waals surface area contributed by atoms with Crippen LogP contribution in [0.25, 0.3) is 0 Å². The Hall–Kier alpha value is -2.82. The summed E-state index contributed by atoms with van der Waals surface area (Å²) in [6, 6.07) is 15.2. The van der Waals surface area contributed by atoms with Gasteiger partial charge in [0.1, 0.15) is 0 Å². The van der Waals surface area contributed by atoms with Gasteiger partial charge >= 0.3 is 0 Å². The molecule has 1 atom stereocenters. The molecule has 0 aromatic heterocycles. The molecule has 0 unspecified atom stereocenters. The first-order chi connectivity index (χ1) is 12.7. The van der Waals surface area contributed by atoms with E-state index >= 15 is 0 Å². The number of carbonyl (C=O) groups excluding carboxylic acids is 2. The Balaban J connectivity index is 1.74. The van der Waals surface area contributed by atoms with Crippen LogP contribution in [-0.2, 0) is 10.5 Å². The number of para-hydroxylation sites is 2. The van der Waals surface area contributed by atoms with Crippen molar-refractivity contribution in [1.29, 1.82) is 0 Å². The van der Waals surface area contributed by atoms with Gasteiger partial charge in [-0.15, -0.1) is 0 Å². The highest BCUT2D eigenvalue weighted by molar-refractivity contribution is 6.14. The largest absolute Gasteiger partial charge is 0.350 e. The maximum atomic E-state index is 13.5. The second kappa shape index (κ2) is 5.59. The molecule has 1 fully saturated rings. The predicted octanol–water partition coefficient (Wildman–Crippen LogP) is 3.69. The summed E-state index contributed by atoms with van der Waals surface area (Å²) in [7, 11) is 0. The highest BCUT2D eigenvalue weighted by Gasteiger charge is 2.58. The standard InChI is InChI=1S/C21H21N3O2/c25-19-15-10-4-6-12-17(15)23-21(24(19)14-8-2-1-3-9-14)16-11-5-7-13-18(16)22-20(21)26/h4-7,10-14,23H,1-3,8-9H2,(H,22,26)/t21-/m1/s1. The number of nitrogens with zero attached hydrogens (tertiary/aromatic N) is 1. The van der Waals surface area contributed by atoms with E-state index in [1.165, 1.54) is 6.42 Å². The summed E-state index contributed by atoms with van der Waals surface area (Å²) in [4.78, 5) is 28.6. The molecule has 1 spiro atoms. The minimum absolute atomic E-state index is 0.0573. The van der Waals surface area contributed by atoms with Crippen molar-refractivity contribution in [3.63, 3.8) is 0 Å². The zero-order chi connectivity index (χ0) is 17.7. The van der Waals surface area contributed by atoms with Gasteiger partial charge in [0, 0.05) is 23.0 Å². The van der Waals surface area contributed by atoms with Crippen molar-refractivity contribution < 1.29 is 9.59 Å². The number of rotatable bonds is 1. The third-order valence-corrected chi connectivity index (χ3v) is 5.89. The fourth-order valence-corrected chi connectivity index (χ4v) is 4.70. The van der Waals surface area contributed by atoms with Crippen LogP contribution in [0.4, 0.5) is 11.4 Å². The molecule has 132 valence electrons. The molecule has 2 heterocycles. The Kier molecular flexibility index (Phi) is 3.32. The lowest BCUT2D eigenvalue weighted by Gasteiger charge is -2.49. The third kappa shape index (κ3) is 1.97. The molecule has 2 aliphatic heterocycles. The average Bonchev–Trinajstić information content (AvgIpc) is 2.95. The van der Waals surface area contributed by atoms with E-state index in [2.05, 4.69) is 10.6 Å². The van der Waals surface area contributed by atoms with E-state index in [-0.39, 0.29) is 17.9 Å². The fourth-order valence-electron chi connectivity index (χ4n) is 4.70. The van der Waals surface area contributed by atoms with Crippen molar-refractivity contribution in [3.8, 4) is 0 Å². The quantitative estimate of drug-likeness (QED) is 0.827. The summed E-state index contributed by atoms with van der Waals surface area (Å²) in [6.07, 6.45) is 5.25. The Bertz CT molecular complexity index is 904. The lowest BCUT2D eigenvalue weighted by molar-refractivity contribution is -0.126. The van der Waals surface area contributed by atoms with E-state index in [1.54, 1.807) is 0 Å². The molecule has 2 aromatic rings. The van der Waals surface area contributed by atoms with Gasteiger partial charge in [0.05, 0.1) is 5.56 Å². The Labute approximate surface area is 152 Å². The zero-order valence-electron chi connectivity index (χ0n) is 14.5. The lowest BCUT2D eigenvalue weighted by atomic mass is 9.86.